The molecule has 0 unspecified atom stereocenters. The molecule has 0 saturated carbocycles. The molecule has 2 heteroatoms. The van der Waals surface area contributed by atoms with E-state index in [2.05, 4.69) is 11.8 Å². The minimum absolute atomic E-state index is 0.533. The normalized spacial score (nSPS) is 25.8. The molecule has 0 aromatic heterocycles. The lowest BCUT2D eigenvalue weighted by molar-refractivity contribution is -0.0463. The van der Waals surface area contributed by atoms with Gasteiger partial charge in [0, 0.05) is 18.8 Å². The molecule has 2 fully saturated rings. The van der Waals surface area contributed by atoms with E-state index in [0.717, 1.165) is 13.2 Å². The number of likely N-dealkylation sites (tertiary alicyclic amines) is 1. The van der Waals surface area contributed by atoms with Crippen molar-refractivity contribution in [2.75, 3.05) is 26.3 Å². The number of rotatable bonds is 1. The number of nitrogens with zero attached hydrogens (tertiary/aromatic N) is 1. The molecule has 0 aromatic rings. The van der Waals surface area contributed by atoms with Crippen LogP contribution in [0.2, 0.25) is 0 Å². The summed E-state index contributed by atoms with van der Waals surface area (Å²) in [7, 11) is 0. The Bertz CT molecular complexity index is 156. The van der Waals surface area contributed by atoms with Gasteiger partial charge in [-0.15, -0.1) is 0 Å². The predicted octanol–water partition coefficient (Wildman–Crippen LogP) is 3.07. The molecule has 90 valence electrons. The van der Waals surface area contributed by atoms with Crippen LogP contribution in [-0.2, 0) is 4.74 Å². The third kappa shape index (κ3) is 2.94. The Morgan fingerprint density at radius 2 is 1.73 bits per heavy atom. The molecule has 0 N–H and O–H groups in total. The van der Waals surface area contributed by atoms with Gasteiger partial charge in [-0.3, -0.25) is 4.90 Å². The van der Waals surface area contributed by atoms with E-state index in [0.29, 0.717) is 5.54 Å². The van der Waals surface area contributed by atoms with Gasteiger partial charge in [-0.25, -0.2) is 0 Å². The summed E-state index contributed by atoms with van der Waals surface area (Å²) >= 11 is 0. The van der Waals surface area contributed by atoms with Crippen LogP contribution in [0.25, 0.3) is 0 Å². The lowest BCUT2D eigenvalue weighted by atomic mass is 9.80. The molecule has 0 radical (unpaired) electrons. The molecule has 2 nitrogen and oxygen atoms in total. The van der Waals surface area contributed by atoms with E-state index in [9.17, 15) is 0 Å². The summed E-state index contributed by atoms with van der Waals surface area (Å²) in [6.45, 7) is 10.8. The summed E-state index contributed by atoms with van der Waals surface area (Å²) in [6, 6.07) is 0. The van der Waals surface area contributed by atoms with E-state index in [-0.39, 0.29) is 0 Å². The zero-order valence-corrected chi connectivity index (χ0v) is 10.7. The van der Waals surface area contributed by atoms with Gasteiger partial charge in [-0.2, -0.15) is 0 Å². The minimum atomic E-state index is 0.533. The van der Waals surface area contributed by atoms with Crippen LogP contribution < -0.4 is 0 Å². The van der Waals surface area contributed by atoms with Crippen molar-refractivity contribution in [1.29, 1.82) is 0 Å². The van der Waals surface area contributed by atoms with E-state index in [4.69, 9.17) is 4.74 Å². The Balaban J connectivity index is 0.000000531. The highest BCUT2D eigenvalue weighted by atomic mass is 16.5. The van der Waals surface area contributed by atoms with Crippen molar-refractivity contribution in [2.24, 2.45) is 0 Å². The van der Waals surface area contributed by atoms with Crippen molar-refractivity contribution in [1.82, 2.24) is 4.90 Å². The van der Waals surface area contributed by atoms with Gasteiger partial charge in [0.1, 0.15) is 0 Å². The molecule has 2 rings (SSSR count). The first-order valence-corrected chi connectivity index (χ1v) is 6.70. The first-order chi connectivity index (χ1) is 7.37. The molecule has 0 aliphatic carbocycles. The zero-order valence-electron chi connectivity index (χ0n) is 10.7. The van der Waals surface area contributed by atoms with Gasteiger partial charge in [-0.1, -0.05) is 27.2 Å². The van der Waals surface area contributed by atoms with Gasteiger partial charge in [-0.05, 0) is 38.8 Å². The molecule has 15 heavy (non-hydrogen) atoms. The van der Waals surface area contributed by atoms with Crippen molar-refractivity contribution in [2.45, 2.75) is 58.4 Å². The van der Waals surface area contributed by atoms with E-state index in [1.807, 2.05) is 13.8 Å². The van der Waals surface area contributed by atoms with Crippen molar-refractivity contribution < 1.29 is 4.74 Å². The van der Waals surface area contributed by atoms with Crippen LogP contribution in [-0.4, -0.2) is 36.7 Å². The molecule has 2 aliphatic rings. The maximum absolute atomic E-state index is 5.46. The lowest BCUT2D eigenvalue weighted by Crippen LogP contribution is -2.54. The maximum atomic E-state index is 5.46. The molecule has 0 amide bonds. The van der Waals surface area contributed by atoms with Crippen LogP contribution in [0, 0.1) is 0 Å². The third-order valence-electron chi connectivity index (χ3n) is 3.80. The maximum Gasteiger partial charge on any atom is 0.0483 e. The van der Waals surface area contributed by atoms with Crippen molar-refractivity contribution in [3.8, 4) is 0 Å². The molecule has 0 bridgehead atoms. The summed E-state index contributed by atoms with van der Waals surface area (Å²) in [5.74, 6) is 0. The molecule has 2 saturated heterocycles. The molecular weight excluding hydrogens is 186 g/mol. The van der Waals surface area contributed by atoms with Crippen molar-refractivity contribution >= 4 is 0 Å². The molecule has 0 atom stereocenters. The Labute approximate surface area is 95.0 Å². The fraction of sp³-hybridized carbons (Fsp3) is 1.00. The van der Waals surface area contributed by atoms with Crippen LogP contribution in [0.3, 0.4) is 0 Å². The van der Waals surface area contributed by atoms with E-state index >= 15 is 0 Å². The number of hydrogen-bond acceptors (Lipinski definition) is 2. The van der Waals surface area contributed by atoms with Gasteiger partial charge in [0.2, 0.25) is 0 Å². The SMILES string of the molecule is CC.CCN1CCCCC12CCOCC2. The standard InChI is InChI=1S/C11H21NO.C2H6/c1-2-12-8-4-3-5-11(12)6-9-13-10-7-11;1-2/h2-10H2,1H3;1-2H3. The monoisotopic (exact) mass is 213 g/mol. The van der Waals surface area contributed by atoms with Crippen LogP contribution >= 0.6 is 0 Å². The Morgan fingerprint density at radius 3 is 2.33 bits per heavy atom. The van der Waals surface area contributed by atoms with Gasteiger partial charge in [0.05, 0.1) is 0 Å². The number of piperidine rings is 1. The summed E-state index contributed by atoms with van der Waals surface area (Å²) in [5.41, 5.74) is 0.533. The topological polar surface area (TPSA) is 12.5 Å². The third-order valence-corrected chi connectivity index (χ3v) is 3.80. The molecule has 2 heterocycles. The van der Waals surface area contributed by atoms with Crippen LogP contribution in [0.15, 0.2) is 0 Å². The first kappa shape index (κ1) is 13.0. The zero-order chi connectivity index (χ0) is 11.1. The largest absolute Gasteiger partial charge is 0.381 e. The fourth-order valence-corrected chi connectivity index (χ4v) is 2.96. The fourth-order valence-electron chi connectivity index (χ4n) is 2.96. The summed E-state index contributed by atoms with van der Waals surface area (Å²) in [5, 5.41) is 0. The van der Waals surface area contributed by atoms with Crippen LogP contribution in [0.4, 0.5) is 0 Å². The highest BCUT2D eigenvalue weighted by Crippen LogP contribution is 2.36. The predicted molar refractivity (Wildman–Crippen MR) is 65.2 cm³/mol. The van der Waals surface area contributed by atoms with Crippen LogP contribution in [0.1, 0.15) is 52.9 Å². The van der Waals surface area contributed by atoms with Gasteiger partial charge >= 0.3 is 0 Å². The summed E-state index contributed by atoms with van der Waals surface area (Å²) < 4.78 is 5.46. The lowest BCUT2D eigenvalue weighted by Gasteiger charge is -2.49. The van der Waals surface area contributed by atoms with Crippen molar-refractivity contribution in [3.63, 3.8) is 0 Å². The van der Waals surface area contributed by atoms with Crippen molar-refractivity contribution in [3.05, 3.63) is 0 Å². The van der Waals surface area contributed by atoms with E-state index in [1.54, 1.807) is 0 Å². The Hall–Kier alpha value is -0.0800. The Kier molecular flexibility index (Phi) is 5.62. The average molecular weight is 213 g/mol. The van der Waals surface area contributed by atoms with E-state index in [1.165, 1.54) is 45.2 Å². The molecule has 1 spiro atoms. The van der Waals surface area contributed by atoms with Gasteiger partial charge < -0.3 is 4.74 Å². The number of ether oxygens (including phenoxy) is 1. The van der Waals surface area contributed by atoms with Crippen LogP contribution in [0.5, 0.6) is 0 Å². The highest BCUT2D eigenvalue weighted by Gasteiger charge is 2.38. The minimum Gasteiger partial charge on any atom is -0.381 e. The molecular formula is C13H27NO. The smallest absolute Gasteiger partial charge is 0.0483 e. The second-order valence-electron chi connectivity index (χ2n) is 4.37. The second-order valence-corrected chi connectivity index (χ2v) is 4.37. The highest BCUT2D eigenvalue weighted by molar-refractivity contribution is 4.94. The summed E-state index contributed by atoms with van der Waals surface area (Å²) in [6.07, 6.45) is 6.76. The Morgan fingerprint density at radius 1 is 1.07 bits per heavy atom. The van der Waals surface area contributed by atoms with E-state index < -0.39 is 0 Å². The quantitative estimate of drug-likeness (QED) is 0.664. The summed E-state index contributed by atoms with van der Waals surface area (Å²) in [4.78, 5) is 2.69. The van der Waals surface area contributed by atoms with Gasteiger partial charge in [0.15, 0.2) is 0 Å². The average Bonchev–Trinajstić information content (AvgIpc) is 2.33. The number of hydrogen-bond donors (Lipinski definition) is 0. The first-order valence-electron chi connectivity index (χ1n) is 6.70. The van der Waals surface area contributed by atoms with Gasteiger partial charge in [0.25, 0.3) is 0 Å². The molecule has 0 aromatic carbocycles. The molecule has 2 aliphatic heterocycles. The second kappa shape index (κ2) is 6.49.